The minimum atomic E-state index is -4.52. The SMILES string of the molecule is CNC[C@@H](CC(=O)c1cccc([C@@](O)(CCCCOC)c2cccc(C(F)(F)F)c2)c1)CC1CCCCC1. The van der Waals surface area contributed by atoms with Crippen LogP contribution in [0, 0.1) is 11.8 Å². The molecule has 0 aliphatic heterocycles. The Balaban J connectivity index is 1.87. The molecule has 7 heteroatoms. The Labute approximate surface area is 225 Å². The summed E-state index contributed by atoms with van der Waals surface area (Å²) in [5.41, 5.74) is -1.40. The van der Waals surface area contributed by atoms with E-state index in [9.17, 15) is 23.1 Å². The van der Waals surface area contributed by atoms with Gasteiger partial charge in [-0.25, -0.2) is 0 Å². The topological polar surface area (TPSA) is 58.6 Å². The molecule has 2 atom stereocenters. The van der Waals surface area contributed by atoms with Crippen LogP contribution in [0.4, 0.5) is 13.2 Å². The summed E-state index contributed by atoms with van der Waals surface area (Å²) in [4.78, 5) is 13.4. The Morgan fingerprint density at radius 2 is 1.68 bits per heavy atom. The summed E-state index contributed by atoms with van der Waals surface area (Å²) in [5.74, 6) is 0.865. The lowest BCUT2D eigenvalue weighted by atomic mass is 9.79. The standard InChI is InChI=1S/C31H42F3NO3/c1-35-22-24(18-23-10-4-3-5-11-23)19-29(36)25-12-8-13-26(20-25)30(37,16-6-7-17-38-2)27-14-9-15-28(21-27)31(32,33)34/h8-9,12-15,20-21,23-24,35,37H,3-7,10-11,16-19,22H2,1-2H3/t24-,30+/m1/s1. The number of alkyl halides is 3. The molecule has 0 spiro atoms. The fourth-order valence-electron chi connectivity index (χ4n) is 5.79. The highest BCUT2D eigenvalue weighted by Crippen LogP contribution is 2.38. The second-order valence-electron chi connectivity index (χ2n) is 10.8. The van der Waals surface area contributed by atoms with Gasteiger partial charge in [0.15, 0.2) is 5.78 Å². The van der Waals surface area contributed by atoms with Crippen LogP contribution in [0.1, 0.15) is 91.3 Å². The number of rotatable bonds is 14. The Kier molecular flexibility index (Phi) is 11.4. The van der Waals surface area contributed by atoms with Crippen LogP contribution in [0.25, 0.3) is 0 Å². The second kappa shape index (κ2) is 14.2. The quantitative estimate of drug-likeness (QED) is 0.200. The molecule has 210 valence electrons. The lowest BCUT2D eigenvalue weighted by Crippen LogP contribution is -2.28. The van der Waals surface area contributed by atoms with Crippen molar-refractivity contribution in [1.82, 2.24) is 5.32 Å². The van der Waals surface area contributed by atoms with Crippen molar-refractivity contribution in [3.63, 3.8) is 0 Å². The van der Waals surface area contributed by atoms with Gasteiger partial charge in [0.05, 0.1) is 5.56 Å². The number of ketones is 1. The van der Waals surface area contributed by atoms with Crippen LogP contribution in [0.5, 0.6) is 0 Å². The first kappa shape index (κ1) is 30.3. The van der Waals surface area contributed by atoms with E-state index < -0.39 is 17.3 Å². The van der Waals surface area contributed by atoms with E-state index in [0.29, 0.717) is 42.9 Å². The average molecular weight is 534 g/mol. The number of methoxy groups -OCH3 is 1. The Morgan fingerprint density at radius 1 is 1.03 bits per heavy atom. The van der Waals surface area contributed by atoms with Crippen molar-refractivity contribution >= 4 is 5.78 Å². The van der Waals surface area contributed by atoms with E-state index in [0.717, 1.165) is 25.1 Å². The van der Waals surface area contributed by atoms with Gasteiger partial charge >= 0.3 is 6.18 Å². The van der Waals surface area contributed by atoms with E-state index >= 15 is 0 Å². The van der Waals surface area contributed by atoms with E-state index in [1.54, 1.807) is 31.4 Å². The summed E-state index contributed by atoms with van der Waals surface area (Å²) in [7, 11) is 3.49. The molecule has 0 saturated heterocycles. The van der Waals surface area contributed by atoms with Crippen molar-refractivity contribution in [1.29, 1.82) is 0 Å². The monoisotopic (exact) mass is 533 g/mol. The van der Waals surface area contributed by atoms with Crippen LogP contribution in [0.3, 0.4) is 0 Å². The minimum absolute atomic E-state index is 0.00585. The Bertz CT molecular complexity index is 1020. The lowest BCUT2D eigenvalue weighted by molar-refractivity contribution is -0.137. The third kappa shape index (κ3) is 8.39. The number of nitrogens with one attached hydrogen (secondary N) is 1. The van der Waals surface area contributed by atoms with Crippen LogP contribution in [0.15, 0.2) is 48.5 Å². The van der Waals surface area contributed by atoms with Crippen molar-refractivity contribution in [3.05, 3.63) is 70.8 Å². The molecule has 2 N–H and O–H groups in total. The van der Waals surface area contributed by atoms with E-state index in [1.807, 2.05) is 7.05 Å². The fourth-order valence-corrected chi connectivity index (χ4v) is 5.79. The molecular formula is C31H42F3NO3. The van der Waals surface area contributed by atoms with Gasteiger partial charge in [-0.3, -0.25) is 4.79 Å². The molecule has 0 heterocycles. The van der Waals surface area contributed by atoms with Crippen molar-refractivity contribution in [2.45, 2.75) is 76.0 Å². The van der Waals surface area contributed by atoms with Crippen molar-refractivity contribution < 1.29 is 27.8 Å². The maximum absolute atomic E-state index is 13.5. The summed E-state index contributed by atoms with van der Waals surface area (Å²) in [6.07, 6.45) is 4.54. The maximum Gasteiger partial charge on any atom is 0.416 e. The molecule has 2 aromatic rings. The van der Waals surface area contributed by atoms with E-state index in [1.165, 1.54) is 44.2 Å². The molecule has 0 aromatic heterocycles. The molecule has 1 aliphatic carbocycles. The average Bonchev–Trinajstić information content (AvgIpc) is 2.91. The molecule has 2 aromatic carbocycles. The molecule has 0 amide bonds. The highest BCUT2D eigenvalue weighted by molar-refractivity contribution is 5.96. The van der Waals surface area contributed by atoms with Gasteiger partial charge in [0.25, 0.3) is 0 Å². The van der Waals surface area contributed by atoms with E-state index in [2.05, 4.69) is 5.32 Å². The lowest BCUT2D eigenvalue weighted by Gasteiger charge is -2.31. The number of aliphatic hydroxyl groups is 1. The van der Waals surface area contributed by atoms with Crippen LogP contribution in [-0.4, -0.2) is 38.2 Å². The third-order valence-electron chi connectivity index (χ3n) is 7.82. The summed E-state index contributed by atoms with van der Waals surface area (Å²) < 4.78 is 45.6. The third-order valence-corrected chi connectivity index (χ3v) is 7.82. The van der Waals surface area contributed by atoms with Gasteiger partial charge in [-0.2, -0.15) is 13.2 Å². The van der Waals surface area contributed by atoms with Crippen LogP contribution in [0.2, 0.25) is 0 Å². The Morgan fingerprint density at radius 3 is 2.34 bits per heavy atom. The van der Waals surface area contributed by atoms with Gasteiger partial charge in [0, 0.05) is 25.7 Å². The predicted octanol–water partition coefficient (Wildman–Crippen LogP) is 7.14. The second-order valence-corrected chi connectivity index (χ2v) is 10.8. The van der Waals surface area contributed by atoms with Crippen molar-refractivity contribution in [2.75, 3.05) is 27.3 Å². The van der Waals surface area contributed by atoms with Gasteiger partial charge in [0.1, 0.15) is 5.60 Å². The smallest absolute Gasteiger partial charge is 0.385 e. The predicted molar refractivity (Wildman–Crippen MR) is 144 cm³/mol. The largest absolute Gasteiger partial charge is 0.416 e. The van der Waals surface area contributed by atoms with Gasteiger partial charge in [-0.05, 0) is 80.4 Å². The first-order valence-electron chi connectivity index (χ1n) is 13.8. The fraction of sp³-hybridized carbons (Fsp3) is 0.581. The summed E-state index contributed by atoms with van der Waals surface area (Å²) in [6, 6.07) is 11.7. The van der Waals surface area contributed by atoms with Crippen LogP contribution in [-0.2, 0) is 16.5 Å². The first-order chi connectivity index (χ1) is 18.2. The van der Waals surface area contributed by atoms with Crippen molar-refractivity contribution in [2.24, 2.45) is 11.8 Å². The maximum atomic E-state index is 13.5. The highest BCUT2D eigenvalue weighted by Gasteiger charge is 2.36. The number of hydrogen-bond acceptors (Lipinski definition) is 4. The number of hydrogen-bond donors (Lipinski definition) is 2. The molecule has 0 unspecified atom stereocenters. The zero-order valence-electron chi connectivity index (χ0n) is 22.7. The van der Waals surface area contributed by atoms with Crippen molar-refractivity contribution in [3.8, 4) is 0 Å². The zero-order valence-corrected chi connectivity index (χ0v) is 22.7. The van der Waals surface area contributed by atoms with Gasteiger partial charge in [-0.1, -0.05) is 62.4 Å². The number of carbonyl (C=O) groups excluding carboxylic acids is 1. The van der Waals surface area contributed by atoms with E-state index in [-0.39, 0.29) is 23.7 Å². The summed E-state index contributed by atoms with van der Waals surface area (Å²) >= 11 is 0. The number of halogens is 3. The van der Waals surface area contributed by atoms with Crippen LogP contribution < -0.4 is 5.32 Å². The minimum Gasteiger partial charge on any atom is -0.385 e. The molecule has 0 bridgehead atoms. The van der Waals surface area contributed by atoms with E-state index in [4.69, 9.17) is 4.74 Å². The highest BCUT2D eigenvalue weighted by atomic mass is 19.4. The zero-order chi connectivity index (χ0) is 27.6. The first-order valence-corrected chi connectivity index (χ1v) is 13.8. The molecule has 1 fully saturated rings. The number of carbonyl (C=O) groups is 1. The van der Waals surface area contributed by atoms with Gasteiger partial charge < -0.3 is 15.2 Å². The van der Waals surface area contributed by atoms with Gasteiger partial charge in [0.2, 0.25) is 0 Å². The number of unbranched alkanes of at least 4 members (excludes halogenated alkanes) is 1. The molecule has 1 aliphatic rings. The molecule has 38 heavy (non-hydrogen) atoms. The number of ether oxygens (including phenoxy) is 1. The molecule has 3 rings (SSSR count). The normalized spacial score (nSPS) is 17.2. The summed E-state index contributed by atoms with van der Waals surface area (Å²) in [5, 5.41) is 15.1. The molecular weight excluding hydrogens is 491 g/mol. The molecule has 0 radical (unpaired) electrons. The summed E-state index contributed by atoms with van der Waals surface area (Å²) in [6.45, 7) is 1.25. The molecule has 4 nitrogen and oxygen atoms in total. The number of benzene rings is 2. The van der Waals surface area contributed by atoms with Gasteiger partial charge in [-0.15, -0.1) is 0 Å². The van der Waals surface area contributed by atoms with Crippen LogP contribution >= 0.6 is 0 Å². The molecule has 1 saturated carbocycles. The Hall–Kier alpha value is -2.22. The number of Topliss-reactive ketones (excluding diaryl/α,β-unsaturated/α-hetero) is 1.